The number of carbonyl (C=O) groups is 2. The number of nitrogens with one attached hydrogen (secondary N) is 2. The van der Waals surface area contributed by atoms with E-state index < -0.39 is 18.0 Å². The van der Waals surface area contributed by atoms with Gasteiger partial charge in [-0.1, -0.05) is 0 Å². The van der Waals surface area contributed by atoms with Gasteiger partial charge in [0.2, 0.25) is 0 Å². The lowest BCUT2D eigenvalue weighted by Gasteiger charge is -2.21. The molecule has 18 heavy (non-hydrogen) atoms. The van der Waals surface area contributed by atoms with Crippen molar-refractivity contribution >= 4 is 12.0 Å². The van der Waals surface area contributed by atoms with Gasteiger partial charge in [-0.3, -0.25) is 0 Å². The molecule has 1 rings (SSSR count). The molecule has 0 spiro atoms. The van der Waals surface area contributed by atoms with Crippen molar-refractivity contribution in [3.8, 4) is 0 Å². The van der Waals surface area contributed by atoms with Crippen LogP contribution in [0.5, 0.6) is 0 Å². The number of urea groups is 1. The third-order valence-corrected chi connectivity index (χ3v) is 3.05. The second-order valence-corrected chi connectivity index (χ2v) is 4.43. The number of carboxylic acid groups (broad SMARTS) is 1. The third-order valence-electron chi connectivity index (χ3n) is 3.05. The fourth-order valence-corrected chi connectivity index (χ4v) is 1.86. The molecule has 0 radical (unpaired) electrons. The topological polar surface area (TPSA) is 108 Å². The normalized spacial score (nSPS) is 22.2. The second kappa shape index (κ2) is 7.17. The maximum Gasteiger partial charge on any atom is 0.326 e. The average molecular weight is 260 g/mol. The van der Waals surface area contributed by atoms with E-state index in [9.17, 15) is 9.59 Å². The van der Waals surface area contributed by atoms with Crippen LogP contribution in [0.25, 0.3) is 0 Å². The molecule has 1 aliphatic rings. The molecule has 2 amide bonds. The zero-order chi connectivity index (χ0) is 13.5. The van der Waals surface area contributed by atoms with Gasteiger partial charge in [0.05, 0.1) is 6.61 Å². The van der Waals surface area contributed by atoms with Gasteiger partial charge in [-0.05, 0) is 13.3 Å². The molecule has 0 saturated carbocycles. The molecular weight excluding hydrogens is 240 g/mol. The van der Waals surface area contributed by atoms with Crippen LogP contribution in [-0.4, -0.2) is 54.1 Å². The number of aliphatic carboxylic acids is 1. The SMILES string of the molecule is CC(NC(=O)NC(CCO)C(=O)O)C1CCOC1. The highest BCUT2D eigenvalue weighted by molar-refractivity contribution is 5.82. The number of ether oxygens (including phenoxy) is 1. The van der Waals surface area contributed by atoms with E-state index >= 15 is 0 Å². The first-order valence-corrected chi connectivity index (χ1v) is 6.03. The van der Waals surface area contributed by atoms with Crippen molar-refractivity contribution in [2.75, 3.05) is 19.8 Å². The van der Waals surface area contributed by atoms with Crippen molar-refractivity contribution in [3.63, 3.8) is 0 Å². The van der Waals surface area contributed by atoms with Crippen molar-refractivity contribution in [3.05, 3.63) is 0 Å². The van der Waals surface area contributed by atoms with Crippen LogP contribution in [0, 0.1) is 5.92 Å². The third kappa shape index (κ3) is 4.50. The van der Waals surface area contributed by atoms with Gasteiger partial charge in [0, 0.05) is 31.6 Å². The minimum atomic E-state index is -1.16. The summed E-state index contributed by atoms with van der Waals surface area (Å²) < 4.78 is 5.22. The Morgan fingerprint density at radius 1 is 1.44 bits per heavy atom. The van der Waals surface area contributed by atoms with E-state index in [0.717, 1.165) is 6.42 Å². The van der Waals surface area contributed by atoms with Gasteiger partial charge in [0.1, 0.15) is 6.04 Å². The van der Waals surface area contributed by atoms with Gasteiger partial charge in [0.15, 0.2) is 0 Å². The van der Waals surface area contributed by atoms with E-state index in [4.69, 9.17) is 14.9 Å². The first-order chi connectivity index (χ1) is 8.54. The van der Waals surface area contributed by atoms with Gasteiger partial charge >= 0.3 is 12.0 Å². The minimum Gasteiger partial charge on any atom is -0.480 e. The predicted molar refractivity (Wildman–Crippen MR) is 63.2 cm³/mol. The Bertz CT molecular complexity index is 291. The standard InChI is InChI=1S/C11H20N2O5/c1-7(8-3-5-18-6-8)12-11(17)13-9(2-4-14)10(15)16/h7-9,14H,2-6H2,1H3,(H,15,16)(H2,12,13,17). The molecule has 3 atom stereocenters. The van der Waals surface area contributed by atoms with Gasteiger partial charge in [-0.15, -0.1) is 0 Å². The van der Waals surface area contributed by atoms with Gasteiger partial charge in [0.25, 0.3) is 0 Å². The molecule has 1 heterocycles. The molecule has 0 aliphatic carbocycles. The van der Waals surface area contributed by atoms with Gasteiger partial charge < -0.3 is 25.6 Å². The highest BCUT2D eigenvalue weighted by atomic mass is 16.5. The maximum absolute atomic E-state index is 11.6. The Labute approximate surface area is 106 Å². The zero-order valence-corrected chi connectivity index (χ0v) is 10.4. The fraction of sp³-hybridized carbons (Fsp3) is 0.818. The molecule has 1 fully saturated rings. The maximum atomic E-state index is 11.6. The van der Waals surface area contributed by atoms with Crippen LogP contribution in [0.1, 0.15) is 19.8 Å². The van der Waals surface area contributed by atoms with Gasteiger partial charge in [-0.25, -0.2) is 9.59 Å². The Morgan fingerprint density at radius 3 is 2.67 bits per heavy atom. The van der Waals surface area contributed by atoms with Crippen LogP contribution >= 0.6 is 0 Å². The van der Waals surface area contributed by atoms with Crippen molar-refractivity contribution in [2.45, 2.75) is 31.8 Å². The summed E-state index contributed by atoms with van der Waals surface area (Å²) in [7, 11) is 0. The molecule has 104 valence electrons. The summed E-state index contributed by atoms with van der Waals surface area (Å²) in [6.07, 6.45) is 0.879. The van der Waals surface area contributed by atoms with Crippen LogP contribution < -0.4 is 10.6 Å². The molecule has 1 aliphatic heterocycles. The first-order valence-electron chi connectivity index (χ1n) is 6.03. The van der Waals surface area contributed by atoms with Crippen LogP contribution in [0.4, 0.5) is 4.79 Å². The molecule has 3 unspecified atom stereocenters. The quantitative estimate of drug-likeness (QED) is 0.517. The number of carboxylic acids is 1. The largest absolute Gasteiger partial charge is 0.480 e. The number of hydrogen-bond donors (Lipinski definition) is 4. The van der Waals surface area contributed by atoms with Crippen LogP contribution in [0.3, 0.4) is 0 Å². The lowest BCUT2D eigenvalue weighted by atomic mass is 10.0. The zero-order valence-electron chi connectivity index (χ0n) is 10.4. The molecule has 7 heteroatoms. The van der Waals surface area contributed by atoms with E-state index in [1.165, 1.54) is 0 Å². The predicted octanol–water partition coefficient (Wildman–Crippen LogP) is -0.454. The number of amides is 2. The van der Waals surface area contributed by atoms with Crippen molar-refractivity contribution in [2.24, 2.45) is 5.92 Å². The number of aliphatic hydroxyl groups is 1. The van der Waals surface area contributed by atoms with Crippen LogP contribution in [0.2, 0.25) is 0 Å². The highest BCUT2D eigenvalue weighted by Gasteiger charge is 2.25. The lowest BCUT2D eigenvalue weighted by Crippen LogP contribution is -2.50. The van der Waals surface area contributed by atoms with Crippen LogP contribution in [-0.2, 0) is 9.53 Å². The van der Waals surface area contributed by atoms with Crippen molar-refractivity contribution in [1.29, 1.82) is 0 Å². The summed E-state index contributed by atoms with van der Waals surface area (Å²) in [5.41, 5.74) is 0. The number of hydrogen-bond acceptors (Lipinski definition) is 4. The highest BCUT2D eigenvalue weighted by Crippen LogP contribution is 2.16. The van der Waals surface area contributed by atoms with E-state index in [1.54, 1.807) is 0 Å². The number of carbonyl (C=O) groups excluding carboxylic acids is 1. The Morgan fingerprint density at radius 2 is 2.17 bits per heavy atom. The Hall–Kier alpha value is -1.34. The molecule has 0 aromatic rings. The fourth-order valence-electron chi connectivity index (χ4n) is 1.86. The number of rotatable bonds is 6. The molecule has 4 N–H and O–H groups in total. The summed E-state index contributed by atoms with van der Waals surface area (Å²) in [5.74, 6) is -0.895. The summed E-state index contributed by atoms with van der Waals surface area (Å²) in [6, 6.07) is -1.67. The van der Waals surface area contributed by atoms with E-state index in [2.05, 4.69) is 10.6 Å². The second-order valence-electron chi connectivity index (χ2n) is 4.43. The molecule has 0 bridgehead atoms. The molecule has 1 saturated heterocycles. The first kappa shape index (κ1) is 14.7. The summed E-state index contributed by atoms with van der Waals surface area (Å²) in [6.45, 7) is 2.88. The molecule has 0 aromatic carbocycles. The summed E-state index contributed by atoms with van der Waals surface area (Å²) in [5, 5.41) is 22.5. The lowest BCUT2D eigenvalue weighted by molar-refractivity contribution is -0.139. The Kier molecular flexibility index (Phi) is 5.87. The monoisotopic (exact) mass is 260 g/mol. The van der Waals surface area contributed by atoms with Gasteiger partial charge in [-0.2, -0.15) is 0 Å². The van der Waals surface area contributed by atoms with Crippen molar-refractivity contribution < 1.29 is 24.5 Å². The molecule has 7 nitrogen and oxygen atoms in total. The number of aliphatic hydroxyl groups excluding tert-OH is 1. The summed E-state index contributed by atoms with van der Waals surface area (Å²) in [4.78, 5) is 22.4. The molecule has 0 aromatic heterocycles. The van der Waals surface area contributed by atoms with E-state index in [0.29, 0.717) is 13.2 Å². The van der Waals surface area contributed by atoms with E-state index in [-0.39, 0.29) is 25.0 Å². The average Bonchev–Trinajstić information content (AvgIpc) is 2.81. The minimum absolute atomic E-state index is 0.0102. The van der Waals surface area contributed by atoms with Crippen LogP contribution in [0.15, 0.2) is 0 Å². The Balaban J connectivity index is 2.36. The smallest absolute Gasteiger partial charge is 0.326 e. The van der Waals surface area contributed by atoms with Crippen molar-refractivity contribution in [1.82, 2.24) is 10.6 Å². The molecular formula is C11H20N2O5. The summed E-state index contributed by atoms with van der Waals surface area (Å²) >= 11 is 0. The van der Waals surface area contributed by atoms with E-state index in [1.807, 2.05) is 6.92 Å².